The summed E-state index contributed by atoms with van der Waals surface area (Å²) in [5.41, 5.74) is 1.51. The van der Waals surface area contributed by atoms with Crippen molar-refractivity contribution in [1.82, 2.24) is 10.2 Å². The Kier molecular flexibility index (Phi) is 4.89. The Morgan fingerprint density at radius 3 is 2.50 bits per heavy atom. The summed E-state index contributed by atoms with van der Waals surface area (Å²) in [6, 6.07) is 4.27. The zero-order chi connectivity index (χ0) is 19.8. The molecule has 2 saturated heterocycles. The lowest BCUT2D eigenvalue weighted by Gasteiger charge is -2.41. The molecule has 8 heteroatoms. The number of anilines is 1. The number of imide groups is 2. The van der Waals surface area contributed by atoms with E-state index in [2.05, 4.69) is 10.2 Å². The molecule has 0 bridgehead atoms. The van der Waals surface area contributed by atoms with Crippen molar-refractivity contribution in [1.29, 1.82) is 0 Å². The second-order valence-corrected chi connectivity index (χ2v) is 7.67. The van der Waals surface area contributed by atoms with E-state index in [1.54, 1.807) is 12.1 Å². The van der Waals surface area contributed by atoms with Gasteiger partial charge < -0.3 is 10.0 Å². The molecule has 0 radical (unpaired) electrons. The van der Waals surface area contributed by atoms with Crippen molar-refractivity contribution in [3.05, 3.63) is 29.3 Å². The molecule has 4 amide bonds. The SMILES string of the molecule is O=C1CCC(N2C(=O)c3ccc(N4CC(CCCCO)C4)cc3C2=O)C(=O)N1. The van der Waals surface area contributed by atoms with Crippen molar-refractivity contribution in [2.45, 2.75) is 38.1 Å². The highest BCUT2D eigenvalue weighted by Crippen LogP contribution is 2.33. The minimum Gasteiger partial charge on any atom is -0.396 e. The number of benzene rings is 1. The van der Waals surface area contributed by atoms with Gasteiger partial charge in [-0.25, -0.2) is 0 Å². The number of unbranched alkanes of at least 4 members (excludes halogenated alkanes) is 1. The van der Waals surface area contributed by atoms with Crippen LogP contribution in [0.3, 0.4) is 0 Å². The van der Waals surface area contributed by atoms with Gasteiger partial charge in [0.1, 0.15) is 6.04 Å². The number of carbonyl (C=O) groups is 4. The number of hydrogen-bond donors (Lipinski definition) is 2. The first kappa shape index (κ1) is 18.6. The molecular weight excluding hydrogens is 362 g/mol. The van der Waals surface area contributed by atoms with Crippen LogP contribution in [0.15, 0.2) is 18.2 Å². The molecule has 0 saturated carbocycles. The first-order valence-corrected chi connectivity index (χ1v) is 9.71. The van der Waals surface area contributed by atoms with E-state index in [1.165, 1.54) is 0 Å². The Bertz CT molecular complexity index is 846. The molecule has 28 heavy (non-hydrogen) atoms. The highest BCUT2D eigenvalue weighted by Gasteiger charge is 2.45. The molecule has 3 heterocycles. The topological polar surface area (TPSA) is 107 Å². The van der Waals surface area contributed by atoms with Crippen molar-refractivity contribution in [2.75, 3.05) is 24.6 Å². The number of piperidine rings is 1. The van der Waals surface area contributed by atoms with Crippen LogP contribution in [-0.2, 0) is 9.59 Å². The molecule has 2 N–H and O–H groups in total. The third kappa shape index (κ3) is 3.17. The molecule has 4 rings (SSSR count). The summed E-state index contributed by atoms with van der Waals surface area (Å²) in [5.74, 6) is -1.36. The Morgan fingerprint density at radius 1 is 1.04 bits per heavy atom. The van der Waals surface area contributed by atoms with E-state index in [9.17, 15) is 19.2 Å². The number of carbonyl (C=O) groups excluding carboxylic acids is 4. The van der Waals surface area contributed by atoms with E-state index in [1.807, 2.05) is 6.07 Å². The van der Waals surface area contributed by atoms with Crippen LogP contribution in [0.2, 0.25) is 0 Å². The van der Waals surface area contributed by atoms with Gasteiger partial charge in [-0.1, -0.05) is 6.42 Å². The van der Waals surface area contributed by atoms with Gasteiger partial charge in [0.25, 0.3) is 11.8 Å². The van der Waals surface area contributed by atoms with E-state index in [4.69, 9.17) is 5.11 Å². The molecule has 3 aliphatic heterocycles. The van der Waals surface area contributed by atoms with Gasteiger partial charge in [-0.3, -0.25) is 29.4 Å². The fourth-order valence-electron chi connectivity index (χ4n) is 4.16. The summed E-state index contributed by atoms with van der Waals surface area (Å²) >= 11 is 0. The molecule has 3 aliphatic rings. The van der Waals surface area contributed by atoms with Gasteiger partial charge in [-0.15, -0.1) is 0 Å². The van der Waals surface area contributed by atoms with E-state index in [0.29, 0.717) is 17.0 Å². The van der Waals surface area contributed by atoms with E-state index in [-0.39, 0.29) is 25.4 Å². The normalized spacial score (nSPS) is 22.4. The van der Waals surface area contributed by atoms with Crippen molar-refractivity contribution in [2.24, 2.45) is 5.92 Å². The molecule has 2 fully saturated rings. The predicted octanol–water partition coefficient (Wildman–Crippen LogP) is 0.687. The number of amides is 4. The first-order chi connectivity index (χ1) is 13.5. The second kappa shape index (κ2) is 7.35. The molecule has 1 unspecified atom stereocenters. The smallest absolute Gasteiger partial charge is 0.262 e. The van der Waals surface area contributed by atoms with Gasteiger partial charge in [-0.05, 0) is 43.4 Å². The third-order valence-electron chi connectivity index (χ3n) is 5.77. The largest absolute Gasteiger partial charge is 0.396 e. The monoisotopic (exact) mass is 385 g/mol. The molecule has 0 spiro atoms. The minimum atomic E-state index is -0.937. The zero-order valence-electron chi connectivity index (χ0n) is 15.5. The van der Waals surface area contributed by atoms with Gasteiger partial charge in [0.05, 0.1) is 11.1 Å². The lowest BCUT2D eigenvalue weighted by molar-refractivity contribution is -0.136. The molecule has 1 aromatic rings. The van der Waals surface area contributed by atoms with Crippen LogP contribution in [0, 0.1) is 5.92 Å². The first-order valence-electron chi connectivity index (χ1n) is 9.71. The summed E-state index contributed by atoms with van der Waals surface area (Å²) in [4.78, 5) is 52.2. The van der Waals surface area contributed by atoms with Crippen LogP contribution in [-0.4, -0.2) is 59.4 Å². The van der Waals surface area contributed by atoms with Crippen LogP contribution in [0.5, 0.6) is 0 Å². The van der Waals surface area contributed by atoms with Gasteiger partial charge in [-0.2, -0.15) is 0 Å². The number of nitrogens with zero attached hydrogens (tertiary/aromatic N) is 2. The summed E-state index contributed by atoms with van der Waals surface area (Å²) in [6.07, 6.45) is 3.17. The molecule has 0 aliphatic carbocycles. The predicted molar refractivity (Wildman–Crippen MR) is 99.8 cm³/mol. The molecule has 1 atom stereocenters. The van der Waals surface area contributed by atoms with Gasteiger partial charge in [0, 0.05) is 31.8 Å². The number of fused-ring (bicyclic) bond motifs is 1. The molecule has 148 valence electrons. The quantitative estimate of drug-likeness (QED) is 0.551. The van der Waals surface area contributed by atoms with Crippen LogP contribution in [0.25, 0.3) is 0 Å². The highest BCUT2D eigenvalue weighted by molar-refractivity contribution is 6.23. The van der Waals surface area contributed by atoms with Gasteiger partial charge >= 0.3 is 0 Å². The van der Waals surface area contributed by atoms with Gasteiger partial charge in [0.2, 0.25) is 11.8 Å². The van der Waals surface area contributed by atoms with Crippen LogP contribution >= 0.6 is 0 Å². The average molecular weight is 385 g/mol. The summed E-state index contributed by atoms with van der Waals surface area (Å²) < 4.78 is 0. The third-order valence-corrected chi connectivity index (χ3v) is 5.77. The Morgan fingerprint density at radius 2 is 1.79 bits per heavy atom. The standard InChI is InChI=1S/C20H23N3O5/c24-8-2-1-3-12-10-22(11-12)13-4-5-14-15(9-13)20(28)23(19(14)27)16-6-7-17(25)21-18(16)26/h4-5,9,12,16,24H,1-3,6-8,10-11H2,(H,21,25,26). The van der Waals surface area contributed by atoms with E-state index in [0.717, 1.165) is 42.9 Å². The maximum absolute atomic E-state index is 12.9. The number of hydrogen-bond acceptors (Lipinski definition) is 6. The summed E-state index contributed by atoms with van der Waals surface area (Å²) in [6.45, 7) is 2.01. The van der Waals surface area contributed by atoms with E-state index >= 15 is 0 Å². The van der Waals surface area contributed by atoms with Crippen LogP contribution in [0.1, 0.15) is 52.8 Å². The molecule has 8 nitrogen and oxygen atoms in total. The van der Waals surface area contributed by atoms with Crippen molar-refractivity contribution < 1.29 is 24.3 Å². The van der Waals surface area contributed by atoms with Crippen LogP contribution < -0.4 is 10.2 Å². The molecule has 1 aromatic carbocycles. The fourth-order valence-corrected chi connectivity index (χ4v) is 4.16. The maximum Gasteiger partial charge on any atom is 0.262 e. The number of nitrogens with one attached hydrogen (secondary N) is 1. The average Bonchev–Trinajstić information content (AvgIpc) is 2.88. The van der Waals surface area contributed by atoms with E-state index < -0.39 is 23.8 Å². The Hall–Kier alpha value is -2.74. The molecule has 0 aromatic heterocycles. The highest BCUT2D eigenvalue weighted by atomic mass is 16.3. The van der Waals surface area contributed by atoms with Crippen molar-refractivity contribution in [3.8, 4) is 0 Å². The lowest BCUT2D eigenvalue weighted by atomic mass is 9.93. The Labute approximate surface area is 162 Å². The van der Waals surface area contributed by atoms with Crippen LogP contribution in [0.4, 0.5) is 5.69 Å². The second-order valence-electron chi connectivity index (χ2n) is 7.67. The Balaban J connectivity index is 1.46. The van der Waals surface area contributed by atoms with Gasteiger partial charge in [0.15, 0.2) is 0 Å². The summed E-state index contributed by atoms with van der Waals surface area (Å²) in [7, 11) is 0. The minimum absolute atomic E-state index is 0.112. The maximum atomic E-state index is 12.9. The summed E-state index contributed by atoms with van der Waals surface area (Å²) in [5, 5.41) is 11.1. The lowest BCUT2D eigenvalue weighted by Crippen LogP contribution is -2.54. The van der Waals surface area contributed by atoms with Crippen molar-refractivity contribution in [3.63, 3.8) is 0 Å². The number of rotatable bonds is 6. The van der Waals surface area contributed by atoms with Crippen molar-refractivity contribution >= 4 is 29.3 Å². The zero-order valence-corrected chi connectivity index (χ0v) is 15.5. The number of aliphatic hydroxyl groups is 1. The molecular formula is C20H23N3O5. The number of aliphatic hydroxyl groups excluding tert-OH is 1. The fraction of sp³-hybridized carbons (Fsp3) is 0.500.